The highest BCUT2D eigenvalue weighted by atomic mass is 32.1. The van der Waals surface area contributed by atoms with Crippen molar-refractivity contribution in [2.24, 2.45) is 0 Å². The lowest BCUT2D eigenvalue weighted by molar-refractivity contribution is 0.0937. The van der Waals surface area contributed by atoms with Gasteiger partial charge in [-0.2, -0.15) is 0 Å². The number of fused-ring (bicyclic) bond motifs is 2. The number of nitrogens with zero attached hydrogens (tertiary/aromatic N) is 4. The number of aromatic nitrogens is 2. The number of hydrogen-bond donors (Lipinski definition) is 1. The van der Waals surface area contributed by atoms with Gasteiger partial charge in [-0.3, -0.25) is 24.0 Å². The number of carbonyl (C=O) groups is 1. The first-order valence-corrected chi connectivity index (χ1v) is 13.2. The highest BCUT2D eigenvalue weighted by Crippen LogP contribution is 2.28. The predicted molar refractivity (Wildman–Crippen MR) is 137 cm³/mol. The zero-order valence-corrected chi connectivity index (χ0v) is 20.7. The summed E-state index contributed by atoms with van der Waals surface area (Å²) in [6.45, 7) is 9.15. The molecule has 1 aromatic carbocycles. The smallest absolute Gasteiger partial charge is 0.262 e. The molecule has 1 fully saturated rings. The Balaban J connectivity index is 1.16. The Bertz CT molecular complexity index is 1210. The van der Waals surface area contributed by atoms with Crippen LogP contribution in [0.1, 0.15) is 45.9 Å². The van der Waals surface area contributed by atoms with E-state index in [0.29, 0.717) is 21.6 Å². The number of carbonyl (C=O) groups excluding carboxylic acids is 1. The first kappa shape index (κ1) is 23.2. The van der Waals surface area contributed by atoms with Crippen molar-refractivity contribution >= 4 is 27.5 Å². The van der Waals surface area contributed by atoms with Crippen molar-refractivity contribution in [2.75, 3.05) is 39.3 Å². The second-order valence-electron chi connectivity index (χ2n) is 9.39. The maximum Gasteiger partial charge on any atom is 0.262 e. The van der Waals surface area contributed by atoms with Crippen LogP contribution in [-0.2, 0) is 19.5 Å². The van der Waals surface area contributed by atoms with Gasteiger partial charge in [0.1, 0.15) is 10.7 Å². The van der Waals surface area contributed by atoms with Gasteiger partial charge >= 0.3 is 0 Å². The van der Waals surface area contributed by atoms with Gasteiger partial charge in [-0.15, -0.1) is 11.3 Å². The molecule has 0 radical (unpaired) electrons. The Morgan fingerprint density at radius 1 is 1.03 bits per heavy atom. The topological polar surface area (TPSA) is 70.5 Å². The van der Waals surface area contributed by atoms with Crippen molar-refractivity contribution in [3.8, 4) is 0 Å². The Hall–Kier alpha value is -2.55. The maximum absolute atomic E-state index is 13.1. The van der Waals surface area contributed by atoms with E-state index in [2.05, 4.69) is 45.4 Å². The first-order valence-electron chi connectivity index (χ1n) is 12.4. The van der Waals surface area contributed by atoms with Crippen LogP contribution in [0.2, 0.25) is 0 Å². The van der Waals surface area contributed by atoms with E-state index in [-0.39, 0.29) is 11.5 Å². The van der Waals surface area contributed by atoms with E-state index >= 15 is 0 Å². The van der Waals surface area contributed by atoms with E-state index in [9.17, 15) is 9.59 Å². The van der Waals surface area contributed by atoms with E-state index in [1.165, 1.54) is 16.9 Å². The van der Waals surface area contributed by atoms with E-state index in [0.717, 1.165) is 82.9 Å². The molecule has 1 N–H and O–H groups in total. The van der Waals surface area contributed by atoms with Gasteiger partial charge in [-0.25, -0.2) is 4.98 Å². The second-order valence-corrected chi connectivity index (χ2v) is 10.4. The van der Waals surface area contributed by atoms with Crippen LogP contribution >= 0.6 is 11.3 Å². The molecular weight excluding hydrogens is 446 g/mol. The molecule has 3 aromatic rings. The van der Waals surface area contributed by atoms with Crippen molar-refractivity contribution in [2.45, 2.75) is 45.7 Å². The molecule has 2 aliphatic heterocycles. The van der Waals surface area contributed by atoms with Crippen LogP contribution in [0.4, 0.5) is 0 Å². The zero-order valence-electron chi connectivity index (χ0n) is 19.9. The molecule has 1 saturated heterocycles. The molecule has 5 rings (SSSR count). The largest absolute Gasteiger partial charge is 0.350 e. The fourth-order valence-corrected chi connectivity index (χ4v) is 6.15. The van der Waals surface area contributed by atoms with E-state index in [4.69, 9.17) is 4.98 Å². The van der Waals surface area contributed by atoms with Crippen LogP contribution in [0, 0.1) is 6.92 Å². The monoisotopic (exact) mass is 479 g/mol. The Morgan fingerprint density at radius 3 is 2.59 bits per heavy atom. The lowest BCUT2D eigenvalue weighted by Crippen LogP contribution is -2.48. The average Bonchev–Trinajstić information content (AvgIpc) is 3.01. The number of thiophene rings is 1. The van der Waals surface area contributed by atoms with Crippen LogP contribution < -0.4 is 10.9 Å². The van der Waals surface area contributed by atoms with Crippen LogP contribution in [0.25, 0.3) is 10.2 Å². The Kier molecular flexibility index (Phi) is 7.08. The molecule has 7 nitrogen and oxygen atoms in total. The molecule has 0 bridgehead atoms. The van der Waals surface area contributed by atoms with Gasteiger partial charge in [0.15, 0.2) is 0 Å². The van der Waals surface area contributed by atoms with Crippen LogP contribution in [0.5, 0.6) is 0 Å². The van der Waals surface area contributed by atoms with Gasteiger partial charge < -0.3 is 5.32 Å². The summed E-state index contributed by atoms with van der Waals surface area (Å²) in [5, 5.41) is 3.70. The minimum absolute atomic E-state index is 0.0167. The summed E-state index contributed by atoms with van der Waals surface area (Å²) in [7, 11) is 0. The number of rotatable bonds is 6. The number of benzene rings is 1. The third-order valence-electron chi connectivity index (χ3n) is 7.05. The van der Waals surface area contributed by atoms with Gasteiger partial charge in [-0.05, 0) is 30.9 Å². The molecule has 0 saturated carbocycles. The minimum Gasteiger partial charge on any atom is -0.350 e. The Morgan fingerprint density at radius 2 is 1.79 bits per heavy atom. The van der Waals surface area contributed by atoms with Gasteiger partial charge in [-0.1, -0.05) is 36.8 Å². The quantitative estimate of drug-likeness (QED) is 0.589. The summed E-state index contributed by atoms with van der Waals surface area (Å²) < 4.78 is 1.83. The molecule has 4 heterocycles. The third kappa shape index (κ3) is 4.94. The molecule has 2 aliphatic rings. The van der Waals surface area contributed by atoms with Gasteiger partial charge in [0.05, 0.1) is 10.3 Å². The molecule has 0 aliphatic carbocycles. The van der Waals surface area contributed by atoms with Crippen molar-refractivity contribution in [3.05, 3.63) is 62.5 Å². The minimum atomic E-state index is -0.0946. The van der Waals surface area contributed by atoms with E-state index < -0.39 is 0 Å². The molecule has 180 valence electrons. The van der Waals surface area contributed by atoms with Gasteiger partial charge in [0.25, 0.3) is 11.5 Å². The Labute approximate surface area is 204 Å². The normalized spacial score (nSPS) is 17.4. The number of aryl methyl sites for hydroxylation is 2. The van der Waals surface area contributed by atoms with Crippen LogP contribution in [0.3, 0.4) is 0 Å². The maximum atomic E-state index is 13.1. The fourth-order valence-electron chi connectivity index (χ4n) is 5.05. The highest BCUT2D eigenvalue weighted by Gasteiger charge is 2.22. The molecule has 8 heteroatoms. The molecular formula is C26H33N5O2S. The molecule has 2 aromatic heterocycles. The van der Waals surface area contributed by atoms with Gasteiger partial charge in [0, 0.05) is 58.8 Å². The second kappa shape index (κ2) is 10.4. The number of amides is 1. The summed E-state index contributed by atoms with van der Waals surface area (Å²) >= 11 is 1.36. The number of hydrogen-bond acceptors (Lipinski definition) is 6. The van der Waals surface area contributed by atoms with Crippen molar-refractivity contribution in [1.82, 2.24) is 24.7 Å². The lowest BCUT2D eigenvalue weighted by Gasteiger charge is -2.34. The average molecular weight is 480 g/mol. The highest BCUT2D eigenvalue weighted by molar-refractivity contribution is 7.20. The summed E-state index contributed by atoms with van der Waals surface area (Å²) in [6.07, 6.45) is 4.04. The SMILES string of the molecule is Cc1c(C(=O)NCCN2CCN(Cc3ccccc3)CC2)sc2nc3n(c(=O)c12)CCCCC3. The van der Waals surface area contributed by atoms with E-state index in [1.807, 2.05) is 11.5 Å². The number of nitrogens with one attached hydrogen (secondary N) is 1. The summed E-state index contributed by atoms with van der Waals surface area (Å²) in [4.78, 5) is 37.1. The van der Waals surface area contributed by atoms with E-state index in [1.54, 1.807) is 0 Å². The molecule has 1 amide bonds. The van der Waals surface area contributed by atoms with Crippen molar-refractivity contribution < 1.29 is 4.79 Å². The molecule has 0 unspecified atom stereocenters. The molecule has 34 heavy (non-hydrogen) atoms. The predicted octanol–water partition coefficient (Wildman–Crippen LogP) is 3.04. The summed E-state index contributed by atoms with van der Waals surface area (Å²) in [5.41, 5.74) is 2.14. The van der Waals surface area contributed by atoms with Crippen molar-refractivity contribution in [3.63, 3.8) is 0 Å². The summed E-state index contributed by atoms with van der Waals surface area (Å²) in [5.74, 6) is 0.775. The third-order valence-corrected chi connectivity index (χ3v) is 8.23. The van der Waals surface area contributed by atoms with Crippen LogP contribution in [0.15, 0.2) is 35.1 Å². The molecule has 0 spiro atoms. The first-order chi connectivity index (χ1) is 16.6. The van der Waals surface area contributed by atoms with Crippen molar-refractivity contribution in [1.29, 1.82) is 0 Å². The molecule has 0 atom stereocenters. The van der Waals surface area contributed by atoms with Gasteiger partial charge in [0.2, 0.25) is 0 Å². The fraction of sp³-hybridized carbons (Fsp3) is 0.500. The zero-order chi connectivity index (χ0) is 23.5. The number of piperazine rings is 1. The summed E-state index contributed by atoms with van der Waals surface area (Å²) in [6, 6.07) is 10.6. The van der Waals surface area contributed by atoms with Crippen LogP contribution in [-0.4, -0.2) is 64.5 Å². The lowest BCUT2D eigenvalue weighted by atomic mass is 10.2. The standard InChI is InChI=1S/C26H33N5O2S/c1-19-22-25(28-21-10-6-3-7-12-31(21)26(22)33)34-23(19)24(32)27-11-13-29-14-16-30(17-15-29)18-20-8-4-2-5-9-20/h2,4-5,8-9H,3,6-7,10-18H2,1H3,(H,27,32).